The van der Waals surface area contributed by atoms with Crippen molar-refractivity contribution in [3.63, 3.8) is 0 Å². The molecule has 0 aromatic carbocycles. The molecule has 0 aliphatic heterocycles. The Balaban J connectivity index is 4.36. The summed E-state index contributed by atoms with van der Waals surface area (Å²) in [5, 5.41) is 0. The number of alkyl halides is 4. The highest BCUT2D eigenvalue weighted by Gasteiger charge is 2.29. The maximum absolute atomic E-state index is 11.8. The first-order valence-electron chi connectivity index (χ1n) is 4.19. The van der Waals surface area contributed by atoms with E-state index in [1.54, 1.807) is 0 Å². The van der Waals surface area contributed by atoms with Crippen LogP contribution in [0.2, 0.25) is 0 Å². The molecule has 0 aromatic rings. The summed E-state index contributed by atoms with van der Waals surface area (Å²) in [5.41, 5.74) is 0. The third-order valence-electron chi connectivity index (χ3n) is 1.21. The van der Waals surface area contributed by atoms with Gasteiger partial charge in [0.2, 0.25) is 0 Å². The molecule has 0 radical (unpaired) electrons. The first-order valence-corrected chi connectivity index (χ1v) is 5.92. The van der Waals surface area contributed by atoms with Crippen LogP contribution < -0.4 is 0 Å². The van der Waals surface area contributed by atoms with Crippen LogP contribution in [0.3, 0.4) is 0 Å². The molecule has 0 atom stereocenters. The zero-order valence-corrected chi connectivity index (χ0v) is 9.26. The van der Waals surface area contributed by atoms with Crippen LogP contribution in [0.25, 0.3) is 0 Å². The number of carbonyl (C=O) groups excluding carboxylic acids is 1. The Morgan fingerprint density at radius 1 is 1.12 bits per heavy atom. The van der Waals surface area contributed by atoms with Crippen molar-refractivity contribution in [2.24, 2.45) is 0 Å². The van der Waals surface area contributed by atoms with Crippen LogP contribution in [0.15, 0.2) is 0 Å². The summed E-state index contributed by atoms with van der Waals surface area (Å²) < 4.78 is 66.9. The quantitative estimate of drug-likeness (QED) is 0.499. The van der Waals surface area contributed by atoms with E-state index in [2.05, 4.69) is 9.05 Å². The van der Waals surface area contributed by atoms with E-state index in [4.69, 9.17) is 0 Å². The van der Waals surface area contributed by atoms with Crippen molar-refractivity contribution >= 4 is 13.4 Å². The number of rotatable bonds is 8. The highest BCUT2D eigenvalue weighted by atomic mass is 31.2. The molecule has 0 unspecified atom stereocenters. The van der Waals surface area contributed by atoms with Crippen molar-refractivity contribution in [3.05, 3.63) is 0 Å². The smallest absolute Gasteiger partial charge is 0.302 e. The van der Waals surface area contributed by atoms with Crippen molar-refractivity contribution in [3.8, 4) is 0 Å². The minimum absolute atomic E-state index is 0.660. The highest BCUT2D eigenvalue weighted by molar-refractivity contribution is 7.54. The number of Topliss-reactive ketones (excluding diaryl/α,β-unsaturated/α-hetero) is 1. The molecule has 0 aromatic heterocycles. The SMILES string of the molecule is CC(=O)CP(=O)(OCC(F)F)OCC(F)F. The molecule has 0 amide bonds. The van der Waals surface area contributed by atoms with Crippen LogP contribution in [-0.4, -0.2) is 38.0 Å². The lowest BCUT2D eigenvalue weighted by atomic mass is 10.5. The number of ketones is 1. The molecule has 0 rings (SSSR count). The van der Waals surface area contributed by atoms with Gasteiger partial charge >= 0.3 is 7.60 Å². The highest BCUT2D eigenvalue weighted by Crippen LogP contribution is 2.48. The van der Waals surface area contributed by atoms with Crippen molar-refractivity contribution in [2.45, 2.75) is 19.8 Å². The molecule has 0 saturated carbocycles. The largest absolute Gasteiger partial charge is 0.338 e. The second-order valence-corrected chi connectivity index (χ2v) is 4.90. The van der Waals surface area contributed by atoms with Gasteiger partial charge in [0.05, 0.1) is 0 Å². The molecule has 9 heteroatoms. The first kappa shape index (κ1) is 15.5. The molecule has 0 heterocycles. The Kier molecular flexibility index (Phi) is 6.78. The van der Waals surface area contributed by atoms with Crippen LogP contribution in [0.5, 0.6) is 0 Å². The van der Waals surface area contributed by atoms with Crippen molar-refractivity contribution in [1.82, 2.24) is 0 Å². The van der Waals surface area contributed by atoms with Gasteiger partial charge in [-0.3, -0.25) is 9.36 Å². The average Bonchev–Trinajstić information content (AvgIpc) is 2.11. The van der Waals surface area contributed by atoms with Gasteiger partial charge in [-0.05, 0) is 6.92 Å². The summed E-state index contributed by atoms with van der Waals surface area (Å²) in [6.45, 7) is -1.44. The fraction of sp³-hybridized carbons (Fsp3) is 0.857. The Morgan fingerprint density at radius 2 is 1.50 bits per heavy atom. The van der Waals surface area contributed by atoms with Gasteiger partial charge < -0.3 is 9.05 Å². The fourth-order valence-corrected chi connectivity index (χ4v) is 2.22. The normalized spacial score (nSPS) is 12.4. The summed E-state index contributed by atoms with van der Waals surface area (Å²) in [7, 11) is -4.19. The Bertz CT molecular complexity index is 255. The van der Waals surface area contributed by atoms with Gasteiger partial charge in [-0.1, -0.05) is 0 Å². The number of carbonyl (C=O) groups is 1. The van der Waals surface area contributed by atoms with E-state index >= 15 is 0 Å². The van der Waals surface area contributed by atoms with Crippen LogP contribution in [0.1, 0.15) is 6.92 Å². The standard InChI is InChI=1S/C7H11F4O4P/c1-5(12)4-16(13,14-2-6(8)9)15-3-7(10)11/h6-7H,2-4H2,1H3. The van der Waals surface area contributed by atoms with Crippen LogP contribution in [0.4, 0.5) is 17.6 Å². The number of hydrogen-bond acceptors (Lipinski definition) is 4. The topological polar surface area (TPSA) is 52.6 Å². The summed E-state index contributed by atoms with van der Waals surface area (Å²) in [6.07, 6.45) is -6.64. The molecular formula is C7H11F4O4P. The molecule has 0 saturated heterocycles. The van der Waals surface area contributed by atoms with Gasteiger partial charge in [0.1, 0.15) is 25.2 Å². The Labute approximate surface area is 89.4 Å². The lowest BCUT2D eigenvalue weighted by molar-refractivity contribution is -0.115. The Morgan fingerprint density at radius 3 is 1.75 bits per heavy atom. The molecular weight excluding hydrogens is 255 g/mol. The summed E-state index contributed by atoms with van der Waals surface area (Å²) in [5.74, 6) is -0.660. The van der Waals surface area contributed by atoms with Crippen LogP contribution in [0, 0.1) is 0 Å². The minimum Gasteiger partial charge on any atom is -0.302 e. The van der Waals surface area contributed by atoms with Crippen LogP contribution in [-0.2, 0) is 18.4 Å². The second-order valence-electron chi connectivity index (χ2n) is 2.84. The zero-order chi connectivity index (χ0) is 12.8. The van der Waals surface area contributed by atoms with Crippen LogP contribution >= 0.6 is 7.60 Å². The van der Waals surface area contributed by atoms with Gasteiger partial charge in [-0.2, -0.15) is 0 Å². The van der Waals surface area contributed by atoms with Gasteiger partial charge in [-0.25, -0.2) is 17.6 Å². The van der Waals surface area contributed by atoms with Gasteiger partial charge in [0.25, 0.3) is 12.9 Å². The third kappa shape index (κ3) is 7.78. The lowest BCUT2D eigenvalue weighted by Gasteiger charge is -2.16. The molecule has 4 nitrogen and oxygen atoms in total. The van der Waals surface area contributed by atoms with E-state index in [1.807, 2.05) is 0 Å². The fourth-order valence-electron chi connectivity index (χ4n) is 0.741. The van der Waals surface area contributed by atoms with Gasteiger partial charge in [-0.15, -0.1) is 0 Å². The maximum atomic E-state index is 11.8. The monoisotopic (exact) mass is 266 g/mol. The number of halogens is 4. The van der Waals surface area contributed by atoms with Gasteiger partial charge in [0, 0.05) is 0 Å². The maximum Gasteiger partial charge on any atom is 0.338 e. The van der Waals surface area contributed by atoms with Crippen molar-refractivity contribution in [1.29, 1.82) is 0 Å². The molecule has 16 heavy (non-hydrogen) atoms. The molecule has 96 valence electrons. The summed E-state index contributed by atoms with van der Waals surface area (Å²) in [4.78, 5) is 10.6. The minimum atomic E-state index is -4.19. The lowest BCUT2D eigenvalue weighted by Crippen LogP contribution is -2.13. The Hall–Kier alpha value is -0.460. The number of hydrogen-bond donors (Lipinski definition) is 0. The molecule has 0 bridgehead atoms. The first-order chi connectivity index (χ1) is 7.25. The van der Waals surface area contributed by atoms with E-state index in [0.29, 0.717) is 0 Å². The van der Waals surface area contributed by atoms with E-state index in [1.165, 1.54) is 0 Å². The van der Waals surface area contributed by atoms with Crippen molar-refractivity contribution in [2.75, 3.05) is 19.4 Å². The summed E-state index contributed by atoms with van der Waals surface area (Å²) in [6, 6.07) is 0. The third-order valence-corrected chi connectivity index (χ3v) is 3.13. The average molecular weight is 266 g/mol. The molecule has 0 spiro atoms. The van der Waals surface area contributed by atoms with E-state index in [0.717, 1.165) is 6.92 Å². The zero-order valence-electron chi connectivity index (χ0n) is 8.37. The predicted molar refractivity (Wildman–Crippen MR) is 47.1 cm³/mol. The molecule has 0 fully saturated rings. The summed E-state index contributed by atoms with van der Waals surface area (Å²) >= 11 is 0. The molecule has 0 N–H and O–H groups in total. The molecule has 0 aliphatic carbocycles. The predicted octanol–water partition coefficient (Wildman–Crippen LogP) is 2.33. The van der Waals surface area contributed by atoms with E-state index in [-0.39, 0.29) is 0 Å². The second kappa shape index (κ2) is 6.98. The van der Waals surface area contributed by atoms with Crippen molar-refractivity contribution < 1.29 is 36.0 Å². The molecule has 0 aliphatic rings. The van der Waals surface area contributed by atoms with Gasteiger partial charge in [0.15, 0.2) is 0 Å². The van der Waals surface area contributed by atoms with E-state index < -0.39 is 45.6 Å². The van der Waals surface area contributed by atoms with E-state index in [9.17, 15) is 26.9 Å².